The lowest BCUT2D eigenvalue weighted by Crippen LogP contribution is -2.46. The lowest BCUT2D eigenvalue weighted by molar-refractivity contribution is -0.153. The van der Waals surface area contributed by atoms with Gasteiger partial charge < -0.3 is 14.7 Å². The highest BCUT2D eigenvalue weighted by atomic mass is 16.5. The molecule has 1 fully saturated rings. The number of fused-ring (bicyclic) bond motifs is 1. The average Bonchev–Trinajstić information content (AvgIpc) is 2.99. The molecule has 0 saturated carbocycles. The Hall–Kier alpha value is -1.88. The summed E-state index contributed by atoms with van der Waals surface area (Å²) in [6.07, 6.45) is 1.39. The molecule has 1 amide bonds. The van der Waals surface area contributed by atoms with Gasteiger partial charge in [-0.2, -0.15) is 0 Å². The van der Waals surface area contributed by atoms with Crippen LogP contribution >= 0.6 is 0 Å². The number of nitrogens with zero attached hydrogens (tertiary/aromatic N) is 1. The molecule has 2 aliphatic rings. The van der Waals surface area contributed by atoms with Gasteiger partial charge >= 0.3 is 5.97 Å². The molecule has 3 rings (SSSR count). The molecule has 2 aliphatic heterocycles. The van der Waals surface area contributed by atoms with E-state index in [9.17, 15) is 14.7 Å². The molecule has 1 aromatic rings. The van der Waals surface area contributed by atoms with Crippen molar-refractivity contribution >= 4 is 11.9 Å². The Kier molecular flexibility index (Phi) is 3.44. The van der Waals surface area contributed by atoms with Gasteiger partial charge in [0.05, 0.1) is 12.5 Å². The number of amides is 1. The van der Waals surface area contributed by atoms with E-state index in [-0.39, 0.29) is 11.8 Å². The molecule has 1 aromatic carbocycles. The monoisotopic (exact) mass is 275 g/mol. The summed E-state index contributed by atoms with van der Waals surface area (Å²) in [6.45, 7) is 1.45. The number of carboxylic acid groups (broad SMARTS) is 1. The summed E-state index contributed by atoms with van der Waals surface area (Å²) in [6, 6.07) is 6.60. The van der Waals surface area contributed by atoms with Gasteiger partial charge in [0, 0.05) is 13.2 Å². The number of carboxylic acids is 1. The summed E-state index contributed by atoms with van der Waals surface area (Å²) in [4.78, 5) is 25.6. The minimum Gasteiger partial charge on any atom is -0.479 e. The average molecular weight is 275 g/mol. The number of rotatable bonds is 2. The van der Waals surface area contributed by atoms with Crippen molar-refractivity contribution < 1.29 is 19.4 Å². The molecular formula is C15H17NO4. The Labute approximate surface area is 117 Å². The van der Waals surface area contributed by atoms with Crippen molar-refractivity contribution in [3.8, 4) is 0 Å². The van der Waals surface area contributed by atoms with Gasteiger partial charge in [0.2, 0.25) is 5.91 Å². The molecule has 20 heavy (non-hydrogen) atoms. The smallest absolute Gasteiger partial charge is 0.331 e. The van der Waals surface area contributed by atoms with E-state index < -0.39 is 12.0 Å². The third kappa shape index (κ3) is 2.18. The van der Waals surface area contributed by atoms with Crippen LogP contribution in [-0.2, 0) is 20.7 Å². The molecule has 1 saturated heterocycles. The Morgan fingerprint density at radius 3 is 2.80 bits per heavy atom. The molecule has 0 spiro atoms. The summed E-state index contributed by atoms with van der Waals surface area (Å²) in [5.74, 6) is -1.25. The van der Waals surface area contributed by atoms with Crippen LogP contribution < -0.4 is 0 Å². The van der Waals surface area contributed by atoms with Crippen LogP contribution in [0.4, 0.5) is 0 Å². The topological polar surface area (TPSA) is 66.8 Å². The normalized spacial score (nSPS) is 25.3. The third-order valence-corrected chi connectivity index (χ3v) is 4.08. The summed E-state index contributed by atoms with van der Waals surface area (Å²) in [5.41, 5.74) is 1.75. The van der Waals surface area contributed by atoms with Crippen LogP contribution in [0, 0.1) is 5.92 Å². The zero-order chi connectivity index (χ0) is 14.1. The van der Waals surface area contributed by atoms with Gasteiger partial charge in [-0.3, -0.25) is 4.79 Å². The van der Waals surface area contributed by atoms with Crippen molar-refractivity contribution in [1.82, 2.24) is 4.90 Å². The van der Waals surface area contributed by atoms with Gasteiger partial charge in [-0.25, -0.2) is 4.79 Å². The first-order valence-corrected chi connectivity index (χ1v) is 6.87. The third-order valence-electron chi connectivity index (χ3n) is 4.08. The van der Waals surface area contributed by atoms with Gasteiger partial charge in [-0.15, -0.1) is 0 Å². The standard InChI is InChI=1S/C15H17NO4/c17-14(11-6-8-20-9-11)16-7-5-10-3-1-2-4-12(10)13(16)15(18)19/h1-4,11,13H,5-9H2,(H,18,19). The van der Waals surface area contributed by atoms with E-state index in [1.54, 1.807) is 6.07 Å². The highest BCUT2D eigenvalue weighted by Gasteiger charge is 2.39. The Morgan fingerprint density at radius 1 is 1.30 bits per heavy atom. The number of hydrogen-bond acceptors (Lipinski definition) is 3. The number of benzene rings is 1. The quantitative estimate of drug-likeness (QED) is 0.881. The van der Waals surface area contributed by atoms with Crippen LogP contribution in [0.15, 0.2) is 24.3 Å². The first kappa shape index (κ1) is 13.1. The Morgan fingerprint density at radius 2 is 2.10 bits per heavy atom. The fourth-order valence-electron chi connectivity index (χ4n) is 3.03. The van der Waals surface area contributed by atoms with Gasteiger partial charge in [-0.05, 0) is 24.0 Å². The second-order valence-corrected chi connectivity index (χ2v) is 5.28. The lowest BCUT2D eigenvalue weighted by Gasteiger charge is -2.36. The second-order valence-electron chi connectivity index (χ2n) is 5.28. The Balaban J connectivity index is 1.92. The zero-order valence-electron chi connectivity index (χ0n) is 11.1. The molecule has 0 aromatic heterocycles. The van der Waals surface area contributed by atoms with Crippen LogP contribution in [0.25, 0.3) is 0 Å². The van der Waals surface area contributed by atoms with E-state index in [0.717, 1.165) is 11.1 Å². The number of hydrogen-bond donors (Lipinski definition) is 1. The van der Waals surface area contributed by atoms with Crippen LogP contribution in [0.3, 0.4) is 0 Å². The van der Waals surface area contributed by atoms with E-state index in [1.807, 2.05) is 18.2 Å². The first-order valence-electron chi connectivity index (χ1n) is 6.87. The molecule has 1 N–H and O–H groups in total. The maximum atomic E-state index is 12.5. The zero-order valence-corrected chi connectivity index (χ0v) is 11.1. The van der Waals surface area contributed by atoms with E-state index in [1.165, 1.54) is 4.90 Å². The molecule has 106 valence electrons. The summed E-state index contributed by atoms with van der Waals surface area (Å²) in [7, 11) is 0. The predicted octanol–water partition coefficient (Wildman–Crippen LogP) is 1.23. The minimum atomic E-state index is -0.968. The van der Waals surface area contributed by atoms with Gasteiger partial charge in [0.1, 0.15) is 0 Å². The predicted molar refractivity (Wildman–Crippen MR) is 71.2 cm³/mol. The van der Waals surface area contributed by atoms with Crippen molar-refractivity contribution in [3.05, 3.63) is 35.4 Å². The largest absolute Gasteiger partial charge is 0.479 e. The van der Waals surface area contributed by atoms with Crippen molar-refractivity contribution in [2.24, 2.45) is 5.92 Å². The maximum absolute atomic E-state index is 12.5. The molecule has 5 heteroatoms. The molecule has 0 aliphatic carbocycles. The van der Waals surface area contributed by atoms with E-state index in [2.05, 4.69) is 0 Å². The van der Waals surface area contributed by atoms with Gasteiger partial charge in [-0.1, -0.05) is 24.3 Å². The lowest BCUT2D eigenvalue weighted by atomic mass is 9.91. The fourth-order valence-corrected chi connectivity index (χ4v) is 3.03. The molecule has 2 heterocycles. The maximum Gasteiger partial charge on any atom is 0.331 e. The fraction of sp³-hybridized carbons (Fsp3) is 0.467. The highest BCUT2D eigenvalue weighted by Crippen LogP contribution is 2.32. The summed E-state index contributed by atoms with van der Waals surface area (Å²) in [5, 5.41) is 9.52. The summed E-state index contributed by atoms with van der Waals surface area (Å²) < 4.78 is 5.24. The number of ether oxygens (including phenoxy) is 1. The van der Waals surface area contributed by atoms with Crippen LogP contribution in [-0.4, -0.2) is 41.6 Å². The van der Waals surface area contributed by atoms with E-state index in [4.69, 9.17) is 4.74 Å². The van der Waals surface area contributed by atoms with Crippen molar-refractivity contribution in [1.29, 1.82) is 0 Å². The van der Waals surface area contributed by atoms with Crippen LogP contribution in [0.5, 0.6) is 0 Å². The molecular weight excluding hydrogens is 258 g/mol. The molecule has 0 radical (unpaired) electrons. The van der Waals surface area contributed by atoms with E-state index in [0.29, 0.717) is 32.6 Å². The number of aliphatic carboxylic acids is 1. The van der Waals surface area contributed by atoms with Crippen molar-refractivity contribution in [2.45, 2.75) is 18.9 Å². The molecule has 5 nitrogen and oxygen atoms in total. The number of carbonyl (C=O) groups is 2. The van der Waals surface area contributed by atoms with Gasteiger partial charge in [0.25, 0.3) is 0 Å². The van der Waals surface area contributed by atoms with Crippen LogP contribution in [0.2, 0.25) is 0 Å². The summed E-state index contributed by atoms with van der Waals surface area (Å²) >= 11 is 0. The SMILES string of the molecule is O=C(O)C1c2ccccc2CCN1C(=O)C1CCOC1. The number of carbonyl (C=O) groups excluding carboxylic acids is 1. The first-order chi connectivity index (χ1) is 9.68. The highest BCUT2D eigenvalue weighted by molar-refractivity contribution is 5.87. The second kappa shape index (κ2) is 5.25. The molecule has 0 bridgehead atoms. The minimum absolute atomic E-state index is 0.0931. The molecule has 2 atom stereocenters. The van der Waals surface area contributed by atoms with E-state index >= 15 is 0 Å². The van der Waals surface area contributed by atoms with Crippen LogP contribution in [0.1, 0.15) is 23.6 Å². The van der Waals surface area contributed by atoms with Gasteiger partial charge in [0.15, 0.2) is 6.04 Å². The molecule has 2 unspecified atom stereocenters. The van der Waals surface area contributed by atoms with Crippen molar-refractivity contribution in [3.63, 3.8) is 0 Å². The van der Waals surface area contributed by atoms with Crippen molar-refractivity contribution in [2.75, 3.05) is 19.8 Å². The Bertz CT molecular complexity index is 536.